The third-order valence-corrected chi connectivity index (χ3v) is 3.10. The summed E-state index contributed by atoms with van der Waals surface area (Å²) in [6.07, 6.45) is -0.970. The Labute approximate surface area is 133 Å². The first kappa shape index (κ1) is 18.2. The smallest absolute Gasteiger partial charge is 0.408 e. The van der Waals surface area contributed by atoms with E-state index in [2.05, 4.69) is 5.32 Å². The second kappa shape index (κ2) is 6.52. The summed E-state index contributed by atoms with van der Waals surface area (Å²) >= 11 is 5.59. The van der Waals surface area contributed by atoms with Crippen LogP contribution >= 0.6 is 11.6 Å². The highest BCUT2D eigenvalue weighted by atomic mass is 35.5. The minimum atomic E-state index is -1.64. The summed E-state index contributed by atoms with van der Waals surface area (Å²) in [5.41, 5.74) is -2.00. The van der Waals surface area contributed by atoms with Gasteiger partial charge in [0.15, 0.2) is 0 Å². The standard InChI is InChI=1S/C15H19ClFNO4/c1-14(2,3)22-13(21)18-15(4,12(19)20)8-9-5-6-10(16)11(17)7-9/h5-7H,8H2,1-4H3,(H,18,21)(H,19,20). The van der Waals surface area contributed by atoms with Crippen molar-refractivity contribution in [3.05, 3.63) is 34.6 Å². The number of hydrogen-bond donors (Lipinski definition) is 2. The molecular weight excluding hydrogens is 313 g/mol. The molecular formula is C15H19ClFNO4. The monoisotopic (exact) mass is 331 g/mol. The molecule has 1 unspecified atom stereocenters. The van der Waals surface area contributed by atoms with E-state index in [1.165, 1.54) is 19.1 Å². The molecule has 0 saturated carbocycles. The van der Waals surface area contributed by atoms with Crippen LogP contribution in [0.1, 0.15) is 33.3 Å². The third kappa shape index (κ3) is 5.18. The number of carbonyl (C=O) groups is 2. The lowest BCUT2D eigenvalue weighted by atomic mass is 9.93. The number of carboxylic acids is 1. The Morgan fingerprint density at radius 1 is 1.32 bits per heavy atom. The zero-order valence-corrected chi connectivity index (χ0v) is 13.6. The van der Waals surface area contributed by atoms with Gasteiger partial charge in [-0.05, 0) is 45.4 Å². The predicted octanol–water partition coefficient (Wildman–Crippen LogP) is 3.39. The van der Waals surface area contributed by atoms with Gasteiger partial charge < -0.3 is 15.2 Å². The van der Waals surface area contributed by atoms with E-state index in [1.54, 1.807) is 20.8 Å². The van der Waals surface area contributed by atoms with E-state index in [0.29, 0.717) is 5.56 Å². The first-order chi connectivity index (χ1) is 9.93. The Morgan fingerprint density at radius 3 is 2.36 bits per heavy atom. The van der Waals surface area contributed by atoms with Crippen molar-refractivity contribution in [3.8, 4) is 0 Å². The van der Waals surface area contributed by atoms with Crippen LogP contribution in [0.3, 0.4) is 0 Å². The maximum absolute atomic E-state index is 13.4. The lowest BCUT2D eigenvalue weighted by Gasteiger charge is -2.28. The molecule has 0 aliphatic carbocycles. The molecule has 0 fully saturated rings. The predicted molar refractivity (Wildman–Crippen MR) is 80.5 cm³/mol. The molecule has 0 aromatic heterocycles. The van der Waals surface area contributed by atoms with Gasteiger partial charge in [0.25, 0.3) is 0 Å². The fraction of sp³-hybridized carbons (Fsp3) is 0.467. The van der Waals surface area contributed by atoms with Crippen LogP contribution in [0, 0.1) is 5.82 Å². The molecule has 1 amide bonds. The Balaban J connectivity index is 2.93. The number of ether oxygens (including phenoxy) is 1. The molecule has 0 heterocycles. The summed E-state index contributed by atoms with van der Waals surface area (Å²) in [5.74, 6) is -1.90. The van der Waals surface area contributed by atoms with Crippen molar-refractivity contribution in [1.29, 1.82) is 0 Å². The summed E-state index contributed by atoms with van der Waals surface area (Å²) < 4.78 is 18.5. The Morgan fingerprint density at radius 2 is 1.91 bits per heavy atom. The molecule has 0 aliphatic heterocycles. The lowest BCUT2D eigenvalue weighted by molar-refractivity contribution is -0.144. The molecule has 22 heavy (non-hydrogen) atoms. The molecule has 1 aromatic rings. The molecule has 7 heteroatoms. The molecule has 0 spiro atoms. The van der Waals surface area contributed by atoms with Gasteiger partial charge in [0.2, 0.25) is 0 Å². The van der Waals surface area contributed by atoms with Crippen LogP contribution < -0.4 is 5.32 Å². The summed E-state index contributed by atoms with van der Waals surface area (Å²) in [7, 11) is 0. The first-order valence-corrected chi connectivity index (χ1v) is 6.99. The first-order valence-electron chi connectivity index (χ1n) is 6.61. The number of nitrogens with one attached hydrogen (secondary N) is 1. The zero-order chi connectivity index (χ0) is 17.1. The average molecular weight is 332 g/mol. The van der Waals surface area contributed by atoms with Crippen LogP contribution in [0.4, 0.5) is 9.18 Å². The molecule has 2 N–H and O–H groups in total. The van der Waals surface area contributed by atoms with Crippen LogP contribution in [-0.4, -0.2) is 28.3 Å². The number of halogens is 2. The maximum atomic E-state index is 13.4. The number of benzene rings is 1. The van der Waals surface area contributed by atoms with E-state index in [1.807, 2.05) is 0 Å². The second-order valence-electron chi connectivity index (χ2n) is 6.19. The SMILES string of the molecule is CC(C)(C)OC(=O)NC(C)(Cc1ccc(Cl)c(F)c1)C(=O)O. The summed E-state index contributed by atoms with van der Waals surface area (Å²) in [4.78, 5) is 23.3. The van der Waals surface area contributed by atoms with Crippen molar-refractivity contribution in [2.45, 2.75) is 45.3 Å². The van der Waals surface area contributed by atoms with Gasteiger partial charge >= 0.3 is 12.1 Å². The number of rotatable bonds is 4. The number of carbonyl (C=O) groups excluding carboxylic acids is 1. The zero-order valence-electron chi connectivity index (χ0n) is 12.9. The highest BCUT2D eigenvalue weighted by Gasteiger charge is 2.36. The molecule has 0 aliphatic rings. The molecule has 0 saturated heterocycles. The van der Waals surface area contributed by atoms with Crippen LogP contribution in [0.5, 0.6) is 0 Å². The van der Waals surface area contributed by atoms with E-state index in [0.717, 1.165) is 6.07 Å². The number of aliphatic carboxylic acids is 1. The number of hydrogen-bond acceptors (Lipinski definition) is 3. The van der Waals surface area contributed by atoms with Gasteiger partial charge in [-0.2, -0.15) is 0 Å². The second-order valence-corrected chi connectivity index (χ2v) is 6.60. The van der Waals surface area contributed by atoms with Gasteiger partial charge in [0.05, 0.1) is 5.02 Å². The van der Waals surface area contributed by atoms with Crippen molar-refractivity contribution in [2.24, 2.45) is 0 Å². The van der Waals surface area contributed by atoms with Crippen molar-refractivity contribution in [1.82, 2.24) is 5.32 Å². The fourth-order valence-corrected chi connectivity index (χ4v) is 1.88. The number of amides is 1. The molecule has 5 nitrogen and oxygen atoms in total. The van der Waals surface area contributed by atoms with Gasteiger partial charge in [-0.1, -0.05) is 17.7 Å². The molecule has 1 atom stereocenters. The molecule has 1 rings (SSSR count). The quantitative estimate of drug-likeness (QED) is 0.886. The van der Waals surface area contributed by atoms with Gasteiger partial charge in [-0.3, -0.25) is 0 Å². The number of alkyl carbamates (subject to hydrolysis) is 1. The van der Waals surface area contributed by atoms with E-state index < -0.39 is 29.0 Å². The molecule has 0 radical (unpaired) electrons. The number of carboxylic acid groups (broad SMARTS) is 1. The van der Waals surface area contributed by atoms with Crippen LogP contribution in [0.2, 0.25) is 5.02 Å². The third-order valence-electron chi connectivity index (χ3n) is 2.79. The Bertz CT molecular complexity index is 585. The van der Waals surface area contributed by atoms with Gasteiger partial charge in [0, 0.05) is 6.42 Å². The Hall–Kier alpha value is -1.82. The van der Waals surface area contributed by atoms with Gasteiger partial charge in [0.1, 0.15) is 17.0 Å². The molecule has 122 valence electrons. The summed E-state index contributed by atoms with van der Waals surface area (Å²) in [6.45, 7) is 6.32. The van der Waals surface area contributed by atoms with E-state index in [4.69, 9.17) is 16.3 Å². The van der Waals surface area contributed by atoms with Crippen LogP contribution in [0.25, 0.3) is 0 Å². The average Bonchev–Trinajstić information content (AvgIpc) is 2.31. The normalized spacial score (nSPS) is 14.1. The van der Waals surface area contributed by atoms with Crippen molar-refractivity contribution in [2.75, 3.05) is 0 Å². The topological polar surface area (TPSA) is 75.6 Å². The van der Waals surface area contributed by atoms with Crippen LogP contribution in [-0.2, 0) is 16.0 Å². The molecule has 1 aromatic carbocycles. The van der Waals surface area contributed by atoms with E-state index in [9.17, 15) is 19.1 Å². The molecule has 0 bridgehead atoms. The maximum Gasteiger partial charge on any atom is 0.408 e. The lowest BCUT2D eigenvalue weighted by Crippen LogP contribution is -2.54. The van der Waals surface area contributed by atoms with Crippen molar-refractivity contribution in [3.63, 3.8) is 0 Å². The highest BCUT2D eigenvalue weighted by Crippen LogP contribution is 2.20. The van der Waals surface area contributed by atoms with Crippen molar-refractivity contribution < 1.29 is 23.8 Å². The summed E-state index contributed by atoms with van der Waals surface area (Å²) in [5, 5.41) is 11.6. The van der Waals surface area contributed by atoms with E-state index in [-0.39, 0.29) is 11.4 Å². The van der Waals surface area contributed by atoms with Gasteiger partial charge in [-0.25, -0.2) is 14.0 Å². The fourth-order valence-electron chi connectivity index (χ4n) is 1.76. The van der Waals surface area contributed by atoms with Crippen molar-refractivity contribution >= 4 is 23.7 Å². The minimum absolute atomic E-state index is 0.0547. The van der Waals surface area contributed by atoms with Crippen LogP contribution in [0.15, 0.2) is 18.2 Å². The highest BCUT2D eigenvalue weighted by molar-refractivity contribution is 6.30. The van der Waals surface area contributed by atoms with E-state index >= 15 is 0 Å². The Kier molecular flexibility index (Phi) is 5.40. The minimum Gasteiger partial charge on any atom is -0.480 e. The summed E-state index contributed by atoms with van der Waals surface area (Å²) in [6, 6.07) is 3.98. The largest absolute Gasteiger partial charge is 0.480 e. The van der Waals surface area contributed by atoms with Gasteiger partial charge in [-0.15, -0.1) is 0 Å².